The van der Waals surface area contributed by atoms with Crippen molar-refractivity contribution >= 4 is 7.85 Å². The van der Waals surface area contributed by atoms with Crippen LogP contribution < -0.4 is 4.74 Å². The third kappa shape index (κ3) is 10.7. The van der Waals surface area contributed by atoms with Crippen LogP contribution in [0.3, 0.4) is 0 Å². The highest BCUT2D eigenvalue weighted by atomic mass is 16.5. The number of benzene rings is 2. The van der Waals surface area contributed by atoms with Gasteiger partial charge in [-0.2, -0.15) is 0 Å². The van der Waals surface area contributed by atoms with Crippen LogP contribution in [0.1, 0.15) is 157 Å². The molecule has 0 aromatic heterocycles. The van der Waals surface area contributed by atoms with Gasteiger partial charge in [-0.25, -0.2) is 0 Å². The molecule has 4 nitrogen and oxygen atoms in total. The second kappa shape index (κ2) is 19.4. The average Bonchev–Trinajstić information content (AvgIpc) is 3.05. The predicted octanol–water partition coefficient (Wildman–Crippen LogP) is 12.4. The van der Waals surface area contributed by atoms with E-state index in [1.54, 1.807) is 0 Å². The number of allylic oxidation sites excluding steroid dienone is 5. The van der Waals surface area contributed by atoms with Crippen LogP contribution in [0.25, 0.3) is 0 Å². The lowest BCUT2D eigenvalue weighted by atomic mass is 9.68. The molecule has 2 aromatic rings. The molecule has 1 heterocycles. The van der Waals surface area contributed by atoms with Crippen LogP contribution in [0, 0.1) is 11.8 Å². The minimum absolute atomic E-state index is 0. The van der Waals surface area contributed by atoms with Gasteiger partial charge in [-0.05, 0) is 127 Å². The Hall–Kier alpha value is -3.08. The van der Waals surface area contributed by atoms with Gasteiger partial charge in [0.1, 0.15) is 28.6 Å². The summed E-state index contributed by atoms with van der Waals surface area (Å²) in [5.41, 5.74) is 7.57. The number of aryl methyl sites for hydroxylation is 2. The minimum atomic E-state index is -0.177. The number of ether oxygens (including phenoxy) is 1. The largest absolute Gasteiger partial charge is 0.507 e. The van der Waals surface area contributed by atoms with Crippen molar-refractivity contribution in [3.8, 4) is 23.0 Å². The molecule has 0 saturated carbocycles. The fraction of sp³-hybridized carbons (Fsp3) is 0.591. The Morgan fingerprint density at radius 2 is 1.35 bits per heavy atom. The van der Waals surface area contributed by atoms with Crippen molar-refractivity contribution in [2.75, 3.05) is 0 Å². The van der Waals surface area contributed by atoms with Crippen LogP contribution in [0.2, 0.25) is 6.80 Å². The zero-order valence-electron chi connectivity index (χ0n) is 34.0. The molecule has 3 N–H and O–H groups in total. The van der Waals surface area contributed by atoms with Crippen LogP contribution in [0.4, 0.5) is 0 Å². The van der Waals surface area contributed by atoms with Crippen molar-refractivity contribution < 1.29 is 22.8 Å². The van der Waals surface area contributed by atoms with Crippen molar-refractivity contribution in [2.24, 2.45) is 11.8 Å². The SMILES string of the molecule is C=C(C)[C@@H]1CCC(C)=C[C@H]1c1c(O)cc(CCCCC)cc1O.CCCCCc1cc(O)c2c(c1)OC(C)(C)[C@@H]1CCC(C)=C[C@@H]21.[2H]C[B].[3H]C. The molecule has 3 aliphatic rings. The van der Waals surface area contributed by atoms with Gasteiger partial charge in [0, 0.05) is 31.6 Å². The van der Waals surface area contributed by atoms with Gasteiger partial charge >= 0.3 is 0 Å². The van der Waals surface area contributed by atoms with Crippen molar-refractivity contribution in [3.63, 3.8) is 0 Å². The highest BCUT2D eigenvalue weighted by molar-refractivity contribution is 6.05. The number of aromatic hydroxyl groups is 3. The molecule has 2 radical (unpaired) electrons. The number of rotatable bonds is 10. The van der Waals surface area contributed by atoms with Gasteiger partial charge < -0.3 is 20.1 Å². The molecule has 0 fully saturated rings. The van der Waals surface area contributed by atoms with E-state index in [4.69, 9.17) is 7.48 Å². The molecule has 4 atom stereocenters. The fourth-order valence-corrected chi connectivity index (χ4v) is 7.95. The van der Waals surface area contributed by atoms with Crippen LogP contribution in [0.15, 0.2) is 59.7 Å². The zero-order valence-corrected chi connectivity index (χ0v) is 32.0. The Morgan fingerprint density at radius 1 is 0.878 bits per heavy atom. The molecule has 1 aliphatic heterocycles. The van der Waals surface area contributed by atoms with E-state index in [0.29, 0.717) is 17.2 Å². The minimum Gasteiger partial charge on any atom is -0.507 e. The maximum Gasteiger partial charge on any atom is 0.127 e. The van der Waals surface area contributed by atoms with Gasteiger partial charge in [-0.3, -0.25) is 0 Å². The third-order valence-corrected chi connectivity index (χ3v) is 10.6. The molecule has 5 heteroatoms. The first kappa shape index (κ1) is 38.7. The molecule has 0 amide bonds. The molecule has 0 spiro atoms. The second-order valence-electron chi connectivity index (χ2n) is 14.9. The molecular weight excluding hydrogens is 603 g/mol. The fourth-order valence-electron chi connectivity index (χ4n) is 7.95. The number of hydrogen-bond acceptors (Lipinski definition) is 4. The molecule has 0 bridgehead atoms. The predicted molar refractivity (Wildman–Crippen MR) is 211 cm³/mol. The van der Waals surface area contributed by atoms with Crippen LogP contribution in [-0.2, 0) is 12.8 Å². The van der Waals surface area contributed by atoms with Gasteiger partial charge in [0.15, 0.2) is 0 Å². The normalized spacial score (nSPS) is 22.2. The summed E-state index contributed by atoms with van der Waals surface area (Å²) < 4.78 is 18.1. The Bertz CT molecular complexity index is 1440. The van der Waals surface area contributed by atoms with Gasteiger partial charge in [-0.1, -0.05) is 89.2 Å². The Morgan fingerprint density at radius 3 is 1.86 bits per heavy atom. The van der Waals surface area contributed by atoms with Crippen LogP contribution >= 0.6 is 0 Å². The second-order valence-corrected chi connectivity index (χ2v) is 14.9. The van der Waals surface area contributed by atoms with E-state index >= 15 is 0 Å². The lowest BCUT2D eigenvalue weighted by molar-refractivity contribution is 0.0107. The molecular formula is C44H67BO4. The topological polar surface area (TPSA) is 69.9 Å². The highest BCUT2D eigenvalue weighted by Crippen LogP contribution is 2.53. The standard InChI is InChI=1S/2C21H30O2.CH3B.CH4/c1-5-6-7-8-15-12-18(22)20-16-11-14(2)9-10-17(16)21(3,4)23-19(20)13-15;1-5-6-7-8-16-12-19(22)21(20(23)13-16)18-11-15(4)9-10-17(18)14(2)3;1-2;/h11-13,16-17,22H,5-10H2,1-4H3;11-13,17-18,22-23H,2,5-10H2,1,3-4H3;1H3;1H4/t16-,17-;17-,18+;;/m10../s1/i;;1D;1T. The number of hydrogen-bond donors (Lipinski definition) is 3. The molecule has 49 heavy (non-hydrogen) atoms. The van der Waals surface area contributed by atoms with E-state index in [1.807, 2.05) is 25.1 Å². The first-order valence-electron chi connectivity index (χ1n) is 20.1. The zero-order chi connectivity index (χ0) is 38.3. The molecule has 0 unspecified atom stereocenters. The number of phenols is 3. The lowest BCUT2D eigenvalue weighted by Gasteiger charge is -2.46. The van der Waals surface area contributed by atoms with Crippen molar-refractivity contribution in [1.82, 2.24) is 0 Å². The molecule has 2 aliphatic carbocycles. The summed E-state index contributed by atoms with van der Waals surface area (Å²) in [5, 5.41) is 31.8. The highest BCUT2D eigenvalue weighted by Gasteiger charge is 2.45. The van der Waals surface area contributed by atoms with Crippen molar-refractivity contribution in [1.29, 1.82) is 0 Å². The first-order chi connectivity index (χ1) is 24.3. The Balaban J connectivity index is 0.000000314. The van der Waals surface area contributed by atoms with E-state index in [1.165, 1.54) is 56.2 Å². The average molecular weight is 674 g/mol. The van der Waals surface area contributed by atoms with Gasteiger partial charge in [-0.15, -0.1) is 0 Å². The van der Waals surface area contributed by atoms with Crippen LogP contribution in [-0.4, -0.2) is 28.8 Å². The third-order valence-electron chi connectivity index (χ3n) is 10.6. The molecule has 2 aromatic carbocycles. The van der Waals surface area contributed by atoms with E-state index in [-0.39, 0.29) is 41.7 Å². The van der Waals surface area contributed by atoms with Crippen LogP contribution in [0.5, 0.6) is 23.0 Å². The summed E-state index contributed by atoms with van der Waals surface area (Å²) in [6.45, 7) is 19.3. The van der Waals surface area contributed by atoms with E-state index in [2.05, 4.69) is 74.2 Å². The van der Waals surface area contributed by atoms with Gasteiger partial charge in [0.25, 0.3) is 0 Å². The van der Waals surface area contributed by atoms with Crippen molar-refractivity contribution in [2.45, 2.75) is 157 Å². The maximum absolute atomic E-state index is 10.7. The summed E-state index contributed by atoms with van der Waals surface area (Å²) in [7, 11) is 5.76. The van der Waals surface area contributed by atoms with E-state index in [9.17, 15) is 15.3 Å². The lowest BCUT2D eigenvalue weighted by Crippen LogP contribution is -2.45. The first-order valence-corrected chi connectivity index (χ1v) is 18.4. The molecule has 0 saturated heterocycles. The summed E-state index contributed by atoms with van der Waals surface area (Å²) in [6, 6.07) is 7.79. The number of unbranched alkanes of at least 4 members (excludes halogenated alkanes) is 4. The molecule has 270 valence electrons. The summed E-state index contributed by atoms with van der Waals surface area (Å²) >= 11 is 0. The van der Waals surface area contributed by atoms with E-state index in [0.717, 1.165) is 67.4 Å². The Kier molecular flexibility index (Phi) is 15.3. The van der Waals surface area contributed by atoms with Crippen molar-refractivity contribution in [3.05, 3.63) is 82.0 Å². The smallest absolute Gasteiger partial charge is 0.127 e. The number of fused-ring (bicyclic) bond motifs is 3. The molecule has 5 rings (SSSR count). The summed E-state index contributed by atoms with van der Waals surface area (Å²) in [6.07, 6.45) is 17.9. The summed E-state index contributed by atoms with van der Waals surface area (Å²) in [4.78, 5) is 0. The van der Waals surface area contributed by atoms with Gasteiger partial charge in [0.2, 0.25) is 0 Å². The Labute approximate surface area is 304 Å². The monoisotopic (exact) mass is 674 g/mol. The summed E-state index contributed by atoms with van der Waals surface area (Å²) in [5.74, 6) is 2.78. The quantitative estimate of drug-likeness (QED) is 0.133. The number of phenolic OH excluding ortho intramolecular Hbond substituents is 3. The maximum atomic E-state index is 10.7. The van der Waals surface area contributed by atoms with E-state index < -0.39 is 0 Å². The van der Waals surface area contributed by atoms with Gasteiger partial charge in [0.05, 0.1) is 7.85 Å².